The number of nitrogens with zero attached hydrogens (tertiary/aromatic N) is 5. The zero-order valence-corrected chi connectivity index (χ0v) is 30.3. The minimum Gasteiger partial charge on any atom is -0.317 e. The van der Waals surface area contributed by atoms with Crippen LogP contribution in [0.15, 0.2) is 200 Å². The van der Waals surface area contributed by atoms with Crippen molar-refractivity contribution in [3.05, 3.63) is 200 Å². The first-order valence-corrected chi connectivity index (χ1v) is 18.9. The van der Waals surface area contributed by atoms with Gasteiger partial charge in [-0.25, -0.2) is 15.0 Å². The van der Waals surface area contributed by atoms with Crippen LogP contribution >= 0.6 is 0 Å². The van der Waals surface area contributed by atoms with Crippen LogP contribution in [0.5, 0.6) is 0 Å². The van der Waals surface area contributed by atoms with Crippen molar-refractivity contribution in [2.75, 3.05) is 0 Å². The van der Waals surface area contributed by atoms with Crippen LogP contribution in [0.25, 0.3) is 100 Å². The second kappa shape index (κ2) is 13.0. The van der Waals surface area contributed by atoms with Gasteiger partial charge in [-0.05, 0) is 90.0 Å². The van der Waals surface area contributed by atoms with Gasteiger partial charge in [0, 0.05) is 50.2 Å². The highest BCUT2D eigenvalue weighted by molar-refractivity contribution is 6.13. The van der Waals surface area contributed by atoms with Crippen molar-refractivity contribution in [3.63, 3.8) is 0 Å². The summed E-state index contributed by atoms with van der Waals surface area (Å²) in [7, 11) is 0. The van der Waals surface area contributed by atoms with Gasteiger partial charge in [0.05, 0.1) is 33.5 Å². The Labute approximate surface area is 323 Å². The van der Waals surface area contributed by atoms with Crippen LogP contribution in [0.2, 0.25) is 0 Å². The van der Waals surface area contributed by atoms with Gasteiger partial charge in [-0.15, -0.1) is 0 Å². The highest BCUT2D eigenvalue weighted by atomic mass is 15.0. The molecule has 0 bridgehead atoms. The second-order valence-electron chi connectivity index (χ2n) is 14.1. The molecule has 0 saturated carbocycles. The topological polar surface area (TPSA) is 48.5 Å². The molecule has 11 aromatic rings. The molecule has 0 unspecified atom stereocenters. The maximum Gasteiger partial charge on any atom is 0.160 e. The molecule has 0 atom stereocenters. The number of hydrogen-bond donors (Lipinski definition) is 0. The Kier molecular flexibility index (Phi) is 7.42. The number of fused-ring (bicyclic) bond motifs is 5. The SMILES string of the molecule is c1ccc(-c2cc(-c3ccccc3)nc(-c3nc(-c4ccc(-n5c6ccccc6c6cc7c(ccn7-c7ccccc7)cc65)cc4)nc4ccccc34)c2)cc1. The van der Waals surface area contributed by atoms with E-state index in [0.29, 0.717) is 5.82 Å². The Balaban J connectivity index is 1.05. The van der Waals surface area contributed by atoms with Crippen LogP contribution in [0.4, 0.5) is 0 Å². The summed E-state index contributed by atoms with van der Waals surface area (Å²) in [4.78, 5) is 15.6. The van der Waals surface area contributed by atoms with Crippen LogP contribution in [0.1, 0.15) is 0 Å². The summed E-state index contributed by atoms with van der Waals surface area (Å²) in [5, 5.41) is 4.59. The molecule has 5 heteroatoms. The molecule has 11 rings (SSSR count). The van der Waals surface area contributed by atoms with Gasteiger partial charge in [0.2, 0.25) is 0 Å². The minimum absolute atomic E-state index is 0.657. The van der Waals surface area contributed by atoms with E-state index in [4.69, 9.17) is 15.0 Å². The van der Waals surface area contributed by atoms with E-state index in [2.05, 4.69) is 185 Å². The minimum atomic E-state index is 0.657. The summed E-state index contributed by atoms with van der Waals surface area (Å²) in [6, 6.07) is 68.0. The van der Waals surface area contributed by atoms with Crippen LogP contribution in [0, 0.1) is 0 Å². The average Bonchev–Trinajstić information content (AvgIpc) is 3.84. The fourth-order valence-electron chi connectivity index (χ4n) is 8.06. The number of pyridine rings is 1. The molecule has 0 aliphatic heterocycles. The first kappa shape index (κ1) is 31.9. The molecule has 262 valence electrons. The fourth-order valence-corrected chi connectivity index (χ4v) is 8.06. The van der Waals surface area contributed by atoms with Gasteiger partial charge in [0.1, 0.15) is 5.69 Å². The average molecular weight is 716 g/mol. The number of aromatic nitrogens is 5. The molecule has 0 amide bonds. The number of rotatable bonds is 6. The summed E-state index contributed by atoms with van der Waals surface area (Å²) >= 11 is 0. The first-order chi connectivity index (χ1) is 27.7. The van der Waals surface area contributed by atoms with Gasteiger partial charge in [-0.3, -0.25) is 0 Å². The van der Waals surface area contributed by atoms with E-state index in [1.54, 1.807) is 0 Å². The molecule has 0 N–H and O–H groups in total. The van der Waals surface area contributed by atoms with E-state index in [9.17, 15) is 0 Å². The van der Waals surface area contributed by atoms with Crippen molar-refractivity contribution in [1.82, 2.24) is 24.1 Å². The van der Waals surface area contributed by atoms with Crippen molar-refractivity contribution in [1.29, 1.82) is 0 Å². The maximum absolute atomic E-state index is 5.28. The zero-order valence-electron chi connectivity index (χ0n) is 30.3. The van der Waals surface area contributed by atoms with E-state index in [-0.39, 0.29) is 0 Å². The lowest BCUT2D eigenvalue weighted by Crippen LogP contribution is -1.99. The van der Waals surface area contributed by atoms with Gasteiger partial charge in [0.15, 0.2) is 5.82 Å². The van der Waals surface area contributed by atoms with E-state index < -0.39 is 0 Å². The van der Waals surface area contributed by atoms with Gasteiger partial charge in [-0.2, -0.15) is 0 Å². The van der Waals surface area contributed by atoms with Crippen LogP contribution in [-0.2, 0) is 0 Å². The van der Waals surface area contributed by atoms with E-state index >= 15 is 0 Å². The van der Waals surface area contributed by atoms with Crippen molar-refractivity contribution in [3.8, 4) is 56.5 Å². The molecule has 4 heterocycles. The Hall–Kier alpha value is -7.63. The number of para-hydroxylation sites is 3. The van der Waals surface area contributed by atoms with E-state index in [1.807, 2.05) is 24.3 Å². The second-order valence-corrected chi connectivity index (χ2v) is 14.1. The molecular formula is C51H33N5. The Bertz CT molecular complexity index is 3160. The summed E-state index contributed by atoms with van der Waals surface area (Å²) in [6.07, 6.45) is 2.16. The molecular weight excluding hydrogens is 683 g/mol. The molecule has 0 spiro atoms. The maximum atomic E-state index is 5.28. The Morgan fingerprint density at radius 1 is 0.357 bits per heavy atom. The predicted molar refractivity (Wildman–Crippen MR) is 230 cm³/mol. The van der Waals surface area contributed by atoms with Crippen molar-refractivity contribution >= 4 is 43.6 Å². The Morgan fingerprint density at radius 2 is 1.02 bits per heavy atom. The molecule has 56 heavy (non-hydrogen) atoms. The Morgan fingerprint density at radius 3 is 1.80 bits per heavy atom. The third kappa shape index (κ3) is 5.37. The highest BCUT2D eigenvalue weighted by Gasteiger charge is 2.18. The van der Waals surface area contributed by atoms with Crippen LogP contribution in [-0.4, -0.2) is 24.1 Å². The lowest BCUT2D eigenvalue weighted by Gasteiger charge is -2.13. The summed E-state index contributed by atoms with van der Waals surface area (Å²) < 4.78 is 4.63. The van der Waals surface area contributed by atoms with E-state index in [0.717, 1.165) is 67.1 Å². The van der Waals surface area contributed by atoms with E-state index in [1.165, 1.54) is 27.2 Å². The fraction of sp³-hybridized carbons (Fsp3) is 0. The standard InChI is InChI=1S/C51H33N5/c1-4-14-34(15-5-1)38-30-45(35-16-6-2-7-17-35)52-46(31-38)50-42-21-10-12-22-44(42)53-51(54-50)36-24-26-40(27-25-36)56-47-23-13-11-20-41(47)43-33-48-37(32-49(43)56)28-29-55(48)39-18-8-3-9-19-39/h1-33H. The van der Waals surface area contributed by atoms with Crippen molar-refractivity contribution in [2.45, 2.75) is 0 Å². The molecule has 0 aliphatic carbocycles. The lowest BCUT2D eigenvalue weighted by atomic mass is 10.0. The highest BCUT2D eigenvalue weighted by Crippen LogP contribution is 2.37. The van der Waals surface area contributed by atoms with Gasteiger partial charge in [0.25, 0.3) is 0 Å². The van der Waals surface area contributed by atoms with Crippen LogP contribution < -0.4 is 0 Å². The van der Waals surface area contributed by atoms with Crippen LogP contribution in [0.3, 0.4) is 0 Å². The zero-order chi connectivity index (χ0) is 37.0. The number of hydrogen-bond acceptors (Lipinski definition) is 3. The van der Waals surface area contributed by atoms with Gasteiger partial charge < -0.3 is 9.13 Å². The molecule has 7 aromatic carbocycles. The third-order valence-electron chi connectivity index (χ3n) is 10.7. The first-order valence-electron chi connectivity index (χ1n) is 18.9. The predicted octanol–water partition coefficient (Wildman–Crippen LogP) is 12.7. The normalized spacial score (nSPS) is 11.6. The molecule has 5 nitrogen and oxygen atoms in total. The van der Waals surface area contributed by atoms with Crippen molar-refractivity contribution in [2.24, 2.45) is 0 Å². The quantitative estimate of drug-likeness (QED) is 0.172. The lowest BCUT2D eigenvalue weighted by molar-refractivity contribution is 1.13. The molecule has 0 fully saturated rings. The van der Waals surface area contributed by atoms with Gasteiger partial charge >= 0.3 is 0 Å². The number of benzene rings is 7. The molecule has 0 radical (unpaired) electrons. The largest absolute Gasteiger partial charge is 0.317 e. The smallest absolute Gasteiger partial charge is 0.160 e. The summed E-state index contributed by atoms with van der Waals surface area (Å²) in [5.74, 6) is 0.657. The van der Waals surface area contributed by atoms with Gasteiger partial charge in [-0.1, -0.05) is 115 Å². The summed E-state index contributed by atoms with van der Waals surface area (Å²) in [5.41, 5.74) is 13.3. The molecule has 0 aliphatic rings. The third-order valence-corrected chi connectivity index (χ3v) is 10.7. The molecule has 0 saturated heterocycles. The monoisotopic (exact) mass is 715 g/mol. The summed E-state index contributed by atoms with van der Waals surface area (Å²) in [6.45, 7) is 0. The molecule has 4 aromatic heterocycles. The van der Waals surface area contributed by atoms with Crippen molar-refractivity contribution < 1.29 is 0 Å².